The van der Waals surface area contributed by atoms with Crippen LogP contribution in [0.25, 0.3) is 0 Å². The molecular formula is C9H21N3O. The summed E-state index contributed by atoms with van der Waals surface area (Å²) >= 11 is 0. The fraction of sp³-hybridized carbons (Fsp3) is 0.889. The lowest BCUT2D eigenvalue weighted by molar-refractivity contribution is 0.234. The Kier molecular flexibility index (Phi) is 6.32. The lowest BCUT2D eigenvalue weighted by Crippen LogP contribution is -2.44. The molecule has 1 atom stereocenters. The fourth-order valence-corrected chi connectivity index (χ4v) is 1.11. The summed E-state index contributed by atoms with van der Waals surface area (Å²) in [5.74, 6) is 0. The van der Waals surface area contributed by atoms with E-state index in [2.05, 4.69) is 10.6 Å². The lowest BCUT2D eigenvalue weighted by Gasteiger charge is -2.18. The van der Waals surface area contributed by atoms with Crippen molar-refractivity contribution in [3.8, 4) is 0 Å². The van der Waals surface area contributed by atoms with Gasteiger partial charge in [0.2, 0.25) is 0 Å². The van der Waals surface area contributed by atoms with Gasteiger partial charge in [-0.25, -0.2) is 4.79 Å². The van der Waals surface area contributed by atoms with Crippen molar-refractivity contribution in [2.24, 2.45) is 0 Å². The van der Waals surface area contributed by atoms with Gasteiger partial charge in [-0.2, -0.15) is 0 Å². The zero-order valence-corrected chi connectivity index (χ0v) is 9.05. The summed E-state index contributed by atoms with van der Waals surface area (Å²) in [5, 5.41) is 5.62. The summed E-state index contributed by atoms with van der Waals surface area (Å²) in [7, 11) is 3.98. The minimum absolute atomic E-state index is 0.0730. The number of nitrogens with one attached hydrogen (secondary N) is 2. The first-order valence-electron chi connectivity index (χ1n) is 4.75. The number of hydrogen-bond acceptors (Lipinski definition) is 2. The highest BCUT2D eigenvalue weighted by molar-refractivity contribution is 5.74. The van der Waals surface area contributed by atoms with Gasteiger partial charge in [-0.15, -0.1) is 0 Å². The molecule has 0 aromatic rings. The topological polar surface area (TPSA) is 44.4 Å². The van der Waals surface area contributed by atoms with Crippen molar-refractivity contribution in [3.05, 3.63) is 0 Å². The molecular weight excluding hydrogens is 166 g/mol. The minimum Gasteiger partial charge on any atom is -0.338 e. The molecule has 0 heterocycles. The summed E-state index contributed by atoms with van der Waals surface area (Å²) in [4.78, 5) is 13.2. The van der Waals surface area contributed by atoms with E-state index < -0.39 is 0 Å². The smallest absolute Gasteiger partial charge is 0.315 e. The second kappa shape index (κ2) is 6.71. The zero-order chi connectivity index (χ0) is 10.3. The molecule has 0 saturated heterocycles. The standard InChI is InChI=1S/C9H21N3O/c1-5-6-10-9(13)11-8(2)7-12(3)4/h8H,5-7H2,1-4H3,(H2,10,11,13). The van der Waals surface area contributed by atoms with E-state index in [1.54, 1.807) is 0 Å². The maximum absolute atomic E-state index is 11.2. The number of carbonyl (C=O) groups excluding carboxylic acids is 1. The Hall–Kier alpha value is -0.770. The Labute approximate surface area is 80.7 Å². The molecule has 2 N–H and O–H groups in total. The summed E-state index contributed by atoms with van der Waals surface area (Å²) in [6, 6.07) is 0.114. The molecule has 13 heavy (non-hydrogen) atoms. The second-order valence-corrected chi connectivity index (χ2v) is 3.56. The van der Waals surface area contributed by atoms with E-state index in [0.29, 0.717) is 0 Å². The molecule has 0 fully saturated rings. The van der Waals surface area contributed by atoms with Crippen LogP contribution in [0.4, 0.5) is 4.79 Å². The van der Waals surface area contributed by atoms with Crippen LogP contribution in [0.15, 0.2) is 0 Å². The van der Waals surface area contributed by atoms with E-state index in [9.17, 15) is 4.79 Å². The normalized spacial score (nSPS) is 12.7. The quantitative estimate of drug-likeness (QED) is 0.663. The van der Waals surface area contributed by atoms with Gasteiger partial charge in [0, 0.05) is 19.1 Å². The molecule has 0 aliphatic heterocycles. The highest BCUT2D eigenvalue weighted by Crippen LogP contribution is 1.84. The molecule has 0 bridgehead atoms. The van der Waals surface area contributed by atoms with Gasteiger partial charge in [-0.1, -0.05) is 6.92 Å². The van der Waals surface area contributed by atoms with Crippen LogP contribution >= 0.6 is 0 Å². The Bertz CT molecular complexity index is 148. The first-order valence-corrected chi connectivity index (χ1v) is 4.75. The van der Waals surface area contributed by atoms with E-state index >= 15 is 0 Å². The van der Waals surface area contributed by atoms with Crippen LogP contribution in [0, 0.1) is 0 Å². The van der Waals surface area contributed by atoms with Gasteiger partial charge in [-0.05, 0) is 27.4 Å². The third-order valence-corrected chi connectivity index (χ3v) is 1.55. The van der Waals surface area contributed by atoms with Crippen molar-refractivity contribution in [3.63, 3.8) is 0 Å². The number of rotatable bonds is 5. The van der Waals surface area contributed by atoms with Gasteiger partial charge < -0.3 is 15.5 Å². The zero-order valence-electron chi connectivity index (χ0n) is 9.05. The molecule has 0 spiro atoms. The SMILES string of the molecule is CCCNC(=O)NC(C)CN(C)C. The van der Waals surface area contributed by atoms with Crippen LogP contribution in [0.2, 0.25) is 0 Å². The highest BCUT2D eigenvalue weighted by Gasteiger charge is 2.06. The molecule has 0 aliphatic carbocycles. The van der Waals surface area contributed by atoms with E-state index in [4.69, 9.17) is 0 Å². The summed E-state index contributed by atoms with van der Waals surface area (Å²) in [6.45, 7) is 5.62. The van der Waals surface area contributed by atoms with Gasteiger partial charge in [0.05, 0.1) is 0 Å². The molecule has 0 aromatic carbocycles. The third-order valence-electron chi connectivity index (χ3n) is 1.55. The van der Waals surface area contributed by atoms with Crippen LogP contribution in [-0.4, -0.2) is 44.2 Å². The van der Waals surface area contributed by atoms with E-state index in [1.807, 2.05) is 32.8 Å². The first kappa shape index (κ1) is 12.2. The molecule has 2 amide bonds. The van der Waals surface area contributed by atoms with E-state index in [0.717, 1.165) is 19.5 Å². The third kappa shape index (κ3) is 7.59. The van der Waals surface area contributed by atoms with Crippen LogP contribution < -0.4 is 10.6 Å². The molecule has 4 nitrogen and oxygen atoms in total. The summed E-state index contributed by atoms with van der Waals surface area (Å²) in [5.41, 5.74) is 0. The monoisotopic (exact) mass is 187 g/mol. The van der Waals surface area contributed by atoms with Gasteiger partial charge in [0.25, 0.3) is 0 Å². The van der Waals surface area contributed by atoms with Crippen molar-refractivity contribution in [1.29, 1.82) is 0 Å². The Balaban J connectivity index is 3.53. The van der Waals surface area contributed by atoms with Crippen LogP contribution in [-0.2, 0) is 0 Å². The number of amides is 2. The molecule has 0 aliphatic rings. The number of likely N-dealkylation sites (N-methyl/N-ethyl adjacent to an activating group) is 1. The molecule has 78 valence electrons. The Morgan fingerprint density at radius 2 is 2.08 bits per heavy atom. The van der Waals surface area contributed by atoms with Crippen LogP contribution in [0.1, 0.15) is 20.3 Å². The molecule has 0 aromatic heterocycles. The Morgan fingerprint density at radius 3 is 2.54 bits per heavy atom. The average Bonchev–Trinajstić information content (AvgIpc) is 1.98. The molecule has 0 saturated carbocycles. The summed E-state index contributed by atoms with van der Waals surface area (Å²) in [6.07, 6.45) is 0.968. The maximum Gasteiger partial charge on any atom is 0.315 e. The van der Waals surface area contributed by atoms with Gasteiger partial charge in [0.15, 0.2) is 0 Å². The maximum atomic E-state index is 11.2. The van der Waals surface area contributed by atoms with Crippen molar-refractivity contribution < 1.29 is 4.79 Å². The predicted molar refractivity (Wildman–Crippen MR) is 54.8 cm³/mol. The van der Waals surface area contributed by atoms with Gasteiger partial charge >= 0.3 is 6.03 Å². The fourth-order valence-electron chi connectivity index (χ4n) is 1.11. The number of urea groups is 1. The van der Waals surface area contributed by atoms with Gasteiger partial charge in [0.1, 0.15) is 0 Å². The second-order valence-electron chi connectivity index (χ2n) is 3.56. The average molecular weight is 187 g/mol. The van der Waals surface area contributed by atoms with Crippen molar-refractivity contribution in [2.75, 3.05) is 27.2 Å². The molecule has 0 radical (unpaired) electrons. The molecule has 1 unspecified atom stereocenters. The number of carbonyl (C=O) groups is 1. The van der Waals surface area contributed by atoms with Crippen molar-refractivity contribution in [1.82, 2.24) is 15.5 Å². The summed E-state index contributed by atoms with van der Waals surface area (Å²) < 4.78 is 0. The highest BCUT2D eigenvalue weighted by atomic mass is 16.2. The van der Waals surface area contributed by atoms with Crippen molar-refractivity contribution >= 4 is 6.03 Å². The van der Waals surface area contributed by atoms with Gasteiger partial charge in [-0.3, -0.25) is 0 Å². The molecule has 4 heteroatoms. The number of nitrogens with zero attached hydrogens (tertiary/aromatic N) is 1. The minimum atomic E-state index is -0.0730. The van der Waals surface area contributed by atoms with Crippen LogP contribution in [0.3, 0.4) is 0 Å². The molecule has 0 rings (SSSR count). The van der Waals surface area contributed by atoms with E-state index in [1.165, 1.54) is 0 Å². The van der Waals surface area contributed by atoms with E-state index in [-0.39, 0.29) is 12.1 Å². The first-order chi connectivity index (χ1) is 6.06. The van der Waals surface area contributed by atoms with Crippen LogP contribution in [0.5, 0.6) is 0 Å². The number of hydrogen-bond donors (Lipinski definition) is 2. The lowest BCUT2D eigenvalue weighted by atomic mass is 10.3. The van der Waals surface area contributed by atoms with Crippen molar-refractivity contribution in [2.45, 2.75) is 26.3 Å². The Morgan fingerprint density at radius 1 is 1.46 bits per heavy atom. The predicted octanol–water partition coefficient (Wildman–Crippen LogP) is 0.646. The largest absolute Gasteiger partial charge is 0.338 e.